The van der Waals surface area contributed by atoms with E-state index >= 15 is 0 Å². The number of carboxylic acids is 1. The number of para-hydroxylation sites is 2. The Morgan fingerprint density at radius 3 is 2.30 bits per heavy atom. The van der Waals surface area contributed by atoms with Gasteiger partial charge in [0.15, 0.2) is 0 Å². The molecule has 0 radical (unpaired) electrons. The van der Waals surface area contributed by atoms with E-state index in [4.69, 9.17) is 9.84 Å². The van der Waals surface area contributed by atoms with Crippen molar-refractivity contribution >= 4 is 22.9 Å². The molecule has 1 unspecified atom stereocenters. The van der Waals surface area contributed by atoms with Gasteiger partial charge < -0.3 is 15.2 Å². The number of rotatable bonds is 10. The first-order valence-electron chi connectivity index (χ1n) is 9.01. The van der Waals surface area contributed by atoms with Crippen molar-refractivity contribution in [1.82, 2.24) is 14.5 Å². The van der Waals surface area contributed by atoms with Gasteiger partial charge in [-0.25, -0.2) is 4.79 Å². The quantitative estimate of drug-likeness (QED) is 0.655. The van der Waals surface area contributed by atoms with E-state index < -0.39 is 11.5 Å². The summed E-state index contributed by atoms with van der Waals surface area (Å²) in [7, 11) is 1.45. The largest absolute Gasteiger partial charge is 0.481 e. The Labute approximate surface area is 157 Å². The van der Waals surface area contributed by atoms with Crippen LogP contribution in [0.25, 0.3) is 11.0 Å². The van der Waals surface area contributed by atoms with Gasteiger partial charge in [0, 0.05) is 26.6 Å². The van der Waals surface area contributed by atoms with Gasteiger partial charge in [0.2, 0.25) is 5.91 Å². The summed E-state index contributed by atoms with van der Waals surface area (Å²) in [6, 6.07) is 7.50. The molecule has 1 heterocycles. The summed E-state index contributed by atoms with van der Waals surface area (Å²) >= 11 is 0. The molecule has 2 N–H and O–H groups in total. The van der Waals surface area contributed by atoms with Crippen molar-refractivity contribution in [1.29, 1.82) is 0 Å². The third-order valence-electron chi connectivity index (χ3n) is 4.38. The maximum absolute atomic E-state index is 12.7. The van der Waals surface area contributed by atoms with Crippen molar-refractivity contribution in [3.8, 4) is 0 Å². The molecule has 8 heteroatoms. The highest BCUT2D eigenvalue weighted by molar-refractivity contribution is 5.79. The summed E-state index contributed by atoms with van der Waals surface area (Å²) in [6.07, 6.45) is 0.653. The molecule has 1 amide bonds. The van der Waals surface area contributed by atoms with E-state index in [2.05, 4.69) is 5.32 Å². The Morgan fingerprint density at radius 2 is 1.78 bits per heavy atom. The van der Waals surface area contributed by atoms with Crippen molar-refractivity contribution < 1.29 is 19.4 Å². The van der Waals surface area contributed by atoms with Crippen molar-refractivity contribution in [3.63, 3.8) is 0 Å². The molecule has 0 fully saturated rings. The first kappa shape index (κ1) is 20.7. The summed E-state index contributed by atoms with van der Waals surface area (Å²) in [4.78, 5) is 36.2. The van der Waals surface area contributed by atoms with Gasteiger partial charge in [0.25, 0.3) is 0 Å². The number of carbonyl (C=O) groups excluding carboxylic acids is 1. The lowest BCUT2D eigenvalue weighted by atomic mass is 9.98. The van der Waals surface area contributed by atoms with E-state index in [1.807, 2.05) is 31.2 Å². The number of hydrogen-bond donors (Lipinski definition) is 2. The predicted molar refractivity (Wildman–Crippen MR) is 102 cm³/mol. The topological polar surface area (TPSA) is 103 Å². The van der Waals surface area contributed by atoms with Crippen molar-refractivity contribution in [2.75, 3.05) is 13.7 Å². The van der Waals surface area contributed by atoms with Crippen LogP contribution in [0.4, 0.5) is 0 Å². The molecule has 148 valence electrons. The fourth-order valence-electron chi connectivity index (χ4n) is 3.32. The van der Waals surface area contributed by atoms with E-state index in [0.29, 0.717) is 6.54 Å². The zero-order chi connectivity index (χ0) is 20.0. The number of hydrogen-bond acceptors (Lipinski definition) is 4. The Bertz CT molecular complexity index is 870. The maximum Gasteiger partial charge on any atom is 0.329 e. The minimum absolute atomic E-state index is 0.0684. The van der Waals surface area contributed by atoms with Crippen molar-refractivity contribution in [3.05, 3.63) is 34.7 Å². The van der Waals surface area contributed by atoms with Crippen LogP contribution in [0, 0.1) is 0 Å². The van der Waals surface area contributed by atoms with Crippen LogP contribution in [-0.2, 0) is 27.4 Å². The molecule has 1 aromatic carbocycles. The van der Waals surface area contributed by atoms with Crippen LogP contribution >= 0.6 is 0 Å². The summed E-state index contributed by atoms with van der Waals surface area (Å²) in [5.41, 5.74) is 0.489. The third kappa shape index (κ3) is 4.97. The average Bonchev–Trinajstić information content (AvgIpc) is 2.84. The zero-order valence-electron chi connectivity index (χ0n) is 16.0. The van der Waals surface area contributed by atoms with E-state index in [9.17, 15) is 14.4 Å². The Morgan fingerprint density at radius 1 is 1.19 bits per heavy atom. The molecule has 0 bridgehead atoms. The van der Waals surface area contributed by atoms with Gasteiger partial charge in [0.1, 0.15) is 0 Å². The number of nitrogens with zero attached hydrogens (tertiary/aromatic N) is 2. The molecule has 0 aliphatic carbocycles. The lowest BCUT2D eigenvalue weighted by Crippen LogP contribution is -2.51. The van der Waals surface area contributed by atoms with Crippen LogP contribution in [0.15, 0.2) is 29.1 Å². The molecule has 0 aliphatic rings. The van der Waals surface area contributed by atoms with Gasteiger partial charge in [-0.05, 0) is 25.5 Å². The minimum Gasteiger partial charge on any atom is -0.481 e. The highest BCUT2D eigenvalue weighted by atomic mass is 16.5. The number of imidazole rings is 1. The Kier molecular flexibility index (Phi) is 6.79. The lowest BCUT2D eigenvalue weighted by Gasteiger charge is -2.28. The Balaban J connectivity index is 2.16. The highest BCUT2D eigenvalue weighted by Gasteiger charge is 2.29. The van der Waals surface area contributed by atoms with Gasteiger partial charge in [-0.3, -0.25) is 18.7 Å². The van der Waals surface area contributed by atoms with Crippen LogP contribution < -0.4 is 11.0 Å². The van der Waals surface area contributed by atoms with E-state index in [1.54, 1.807) is 16.1 Å². The molecule has 0 saturated carbocycles. The maximum atomic E-state index is 12.7. The van der Waals surface area contributed by atoms with Crippen LogP contribution in [0.5, 0.6) is 0 Å². The zero-order valence-corrected chi connectivity index (χ0v) is 16.0. The predicted octanol–water partition coefficient (Wildman–Crippen LogP) is 1.60. The smallest absolute Gasteiger partial charge is 0.329 e. The Hall–Kier alpha value is -2.61. The van der Waals surface area contributed by atoms with Crippen LogP contribution in [0.2, 0.25) is 0 Å². The van der Waals surface area contributed by atoms with Gasteiger partial charge in [-0.15, -0.1) is 0 Å². The number of benzene rings is 1. The second kappa shape index (κ2) is 8.85. The minimum atomic E-state index is -1.02. The van der Waals surface area contributed by atoms with Crippen LogP contribution in [-0.4, -0.2) is 45.4 Å². The highest BCUT2D eigenvalue weighted by Crippen LogP contribution is 2.14. The molecule has 0 aliphatic heterocycles. The number of aliphatic carboxylic acids is 1. The number of aromatic nitrogens is 2. The molecular weight excluding hydrogens is 350 g/mol. The van der Waals surface area contributed by atoms with Gasteiger partial charge in [-0.2, -0.15) is 0 Å². The number of amides is 1. The van der Waals surface area contributed by atoms with E-state index in [0.717, 1.165) is 17.5 Å². The molecule has 1 aromatic heterocycles. The summed E-state index contributed by atoms with van der Waals surface area (Å²) in [6.45, 7) is 4.55. The summed E-state index contributed by atoms with van der Waals surface area (Å²) < 4.78 is 8.35. The fraction of sp³-hybridized carbons (Fsp3) is 0.526. The van der Waals surface area contributed by atoms with Gasteiger partial charge in [0.05, 0.1) is 29.6 Å². The number of carboxylic acid groups (broad SMARTS) is 1. The molecular formula is C19H27N3O5. The van der Waals surface area contributed by atoms with Gasteiger partial charge in [-0.1, -0.05) is 19.1 Å². The number of aryl methyl sites for hydroxylation is 2. The second-order valence-corrected chi connectivity index (χ2v) is 6.94. The molecule has 0 spiro atoms. The SMILES string of the molecule is CCCn1c(=O)n(CCC(=O)NC(C)(COC)CC(=O)O)c2ccccc21. The monoisotopic (exact) mass is 377 g/mol. The van der Waals surface area contributed by atoms with E-state index in [-0.39, 0.29) is 37.6 Å². The molecule has 2 rings (SSSR count). The first-order chi connectivity index (χ1) is 12.8. The first-order valence-corrected chi connectivity index (χ1v) is 9.01. The second-order valence-electron chi connectivity index (χ2n) is 6.94. The number of methoxy groups -OCH3 is 1. The molecule has 1 atom stereocenters. The number of carbonyl (C=O) groups is 2. The molecule has 8 nitrogen and oxygen atoms in total. The van der Waals surface area contributed by atoms with Crippen LogP contribution in [0.1, 0.15) is 33.1 Å². The number of nitrogens with one attached hydrogen (secondary N) is 1. The van der Waals surface area contributed by atoms with Crippen molar-refractivity contribution in [2.24, 2.45) is 0 Å². The third-order valence-corrected chi connectivity index (χ3v) is 4.38. The average molecular weight is 377 g/mol. The normalized spacial score (nSPS) is 13.4. The van der Waals surface area contributed by atoms with Crippen LogP contribution in [0.3, 0.4) is 0 Å². The van der Waals surface area contributed by atoms with Gasteiger partial charge >= 0.3 is 11.7 Å². The number of ether oxygens (including phenoxy) is 1. The number of fused-ring (bicyclic) bond motifs is 1. The summed E-state index contributed by atoms with van der Waals surface area (Å²) in [5.74, 6) is -1.34. The van der Waals surface area contributed by atoms with Crippen molar-refractivity contribution in [2.45, 2.75) is 51.7 Å². The molecule has 2 aromatic rings. The molecule has 27 heavy (non-hydrogen) atoms. The standard InChI is InChI=1S/C19H27N3O5/c1-4-10-21-14-7-5-6-8-15(14)22(18(21)26)11-9-16(23)20-19(2,13-27-3)12-17(24)25/h5-8H,4,9-13H2,1-3H3,(H,20,23)(H,24,25). The lowest BCUT2D eigenvalue weighted by molar-refractivity contribution is -0.139. The summed E-state index contributed by atoms with van der Waals surface area (Å²) in [5, 5.41) is 11.8. The van der Waals surface area contributed by atoms with E-state index in [1.165, 1.54) is 7.11 Å². The molecule has 0 saturated heterocycles. The fourth-order valence-corrected chi connectivity index (χ4v) is 3.32.